The smallest absolute Gasteiger partial charge is 0.160 e. The SMILES string of the molecule is c1ccc(-c2cc(-c3ccc(-c4ccc5c(c4)C4(c6cc(-c7ccc(-c8nc(-c9ccccc9)cc(-c9c(-c%10ccc%11c(c%10)C%10(c%12ccccc%12S%11)c%11ccccc%11-c%11ccccc%11%10)ccc%10ccccc9%10)n8)cc7)ccc6S5)c5ccccc5-c5ccccc54)s3)nc(-c3ccccc3)n2)cc1. The van der Waals surface area contributed by atoms with Gasteiger partial charge in [0, 0.05) is 52.3 Å². The van der Waals surface area contributed by atoms with E-state index in [-0.39, 0.29) is 0 Å². The van der Waals surface area contributed by atoms with Gasteiger partial charge >= 0.3 is 0 Å². The van der Waals surface area contributed by atoms with Crippen molar-refractivity contribution in [3.05, 3.63) is 396 Å². The molecule has 103 heavy (non-hydrogen) atoms. The minimum Gasteiger partial charge on any atom is -0.228 e. The molecule has 0 atom stereocenters. The highest BCUT2D eigenvalue weighted by molar-refractivity contribution is 7.99. The van der Waals surface area contributed by atoms with Crippen LogP contribution in [-0.4, -0.2) is 19.9 Å². The van der Waals surface area contributed by atoms with Crippen LogP contribution < -0.4 is 0 Å². The van der Waals surface area contributed by atoms with Gasteiger partial charge in [0.2, 0.25) is 0 Å². The Kier molecular flexibility index (Phi) is 13.8. The van der Waals surface area contributed by atoms with Crippen LogP contribution in [0.1, 0.15) is 44.5 Å². The lowest BCUT2D eigenvalue weighted by Crippen LogP contribution is -2.32. The number of fused-ring (bicyclic) bond motifs is 19. The summed E-state index contributed by atoms with van der Waals surface area (Å²) in [7, 11) is 0. The Balaban J connectivity index is 0.682. The predicted octanol–water partition coefficient (Wildman–Crippen LogP) is 25.1. The fourth-order valence-corrected chi connectivity index (χ4v) is 20.3. The summed E-state index contributed by atoms with van der Waals surface area (Å²) in [6.45, 7) is 0. The quantitative estimate of drug-likeness (QED) is 0.144. The molecule has 0 amide bonds. The molecule has 2 spiro atoms. The van der Waals surface area contributed by atoms with Crippen LogP contribution in [0.3, 0.4) is 0 Å². The molecule has 21 rings (SSSR count). The molecule has 17 aromatic rings. The third kappa shape index (κ3) is 9.33. The molecule has 0 saturated carbocycles. The minimum absolute atomic E-state index is 0.519. The summed E-state index contributed by atoms with van der Waals surface area (Å²) in [5.74, 6) is 1.37. The lowest BCUT2D eigenvalue weighted by molar-refractivity contribution is 0.723. The highest BCUT2D eigenvalue weighted by Gasteiger charge is 2.52. The van der Waals surface area contributed by atoms with E-state index in [1.54, 1.807) is 11.3 Å². The van der Waals surface area contributed by atoms with Gasteiger partial charge in [-0.05, 0) is 172 Å². The summed E-state index contributed by atoms with van der Waals surface area (Å²) in [6, 6.07) is 129. The monoisotopic (exact) mass is 1360 g/mol. The van der Waals surface area contributed by atoms with E-state index in [1.165, 1.54) is 96.8 Å². The molecule has 4 aliphatic rings. The number of aromatic nitrogens is 4. The van der Waals surface area contributed by atoms with Crippen LogP contribution in [-0.2, 0) is 10.8 Å². The first-order valence-corrected chi connectivity index (χ1v) is 37.4. The maximum Gasteiger partial charge on any atom is 0.160 e. The van der Waals surface area contributed by atoms with Gasteiger partial charge in [0.1, 0.15) is 0 Å². The van der Waals surface area contributed by atoms with Crippen LogP contribution in [0.4, 0.5) is 0 Å². The second-order valence-electron chi connectivity index (χ2n) is 27.0. The zero-order valence-electron chi connectivity index (χ0n) is 55.5. The largest absolute Gasteiger partial charge is 0.228 e. The first-order chi connectivity index (χ1) is 51.0. The normalized spacial score (nSPS) is 13.5. The number of hydrogen-bond donors (Lipinski definition) is 0. The number of rotatable bonds is 9. The Morgan fingerprint density at radius 3 is 1.18 bits per heavy atom. The zero-order valence-corrected chi connectivity index (χ0v) is 57.9. The second kappa shape index (κ2) is 23.8. The van der Waals surface area contributed by atoms with Crippen LogP contribution in [0.25, 0.3) is 133 Å². The Hall–Kier alpha value is -12.1. The Labute approximate surface area is 609 Å². The molecule has 0 N–H and O–H groups in total. The molecule has 0 fully saturated rings. The van der Waals surface area contributed by atoms with Crippen LogP contribution in [0.2, 0.25) is 0 Å². The summed E-state index contributed by atoms with van der Waals surface area (Å²) < 4.78 is 0. The van der Waals surface area contributed by atoms with Crippen molar-refractivity contribution in [1.82, 2.24) is 19.9 Å². The molecule has 5 heterocycles. The highest BCUT2D eigenvalue weighted by Crippen LogP contribution is 2.65. The van der Waals surface area contributed by atoms with Gasteiger partial charge < -0.3 is 0 Å². The molecule has 0 unspecified atom stereocenters. The summed E-state index contributed by atoms with van der Waals surface area (Å²) >= 11 is 5.53. The van der Waals surface area contributed by atoms with Crippen molar-refractivity contribution in [1.29, 1.82) is 0 Å². The van der Waals surface area contributed by atoms with E-state index in [1.807, 2.05) is 47.8 Å². The average molecular weight is 1360 g/mol. The number of hydrogen-bond acceptors (Lipinski definition) is 7. The fraction of sp³-hybridized carbons (Fsp3) is 0.0208. The number of benzene rings is 14. The van der Waals surface area contributed by atoms with Crippen LogP contribution in [0, 0.1) is 0 Å². The Bertz CT molecular complexity index is 6170. The average Bonchev–Trinajstić information content (AvgIpc) is 1.56. The Morgan fingerprint density at radius 2 is 0.602 bits per heavy atom. The fourth-order valence-electron chi connectivity index (χ4n) is 17.0. The number of nitrogens with zero attached hydrogens (tertiary/aromatic N) is 4. The van der Waals surface area contributed by atoms with Crippen molar-refractivity contribution in [2.75, 3.05) is 0 Å². The molecule has 7 heteroatoms. The van der Waals surface area contributed by atoms with E-state index in [2.05, 4.69) is 328 Å². The van der Waals surface area contributed by atoms with Gasteiger partial charge in [0.25, 0.3) is 0 Å². The van der Waals surface area contributed by atoms with Crippen LogP contribution in [0.5, 0.6) is 0 Å². The zero-order chi connectivity index (χ0) is 67.7. The van der Waals surface area contributed by atoms with Crippen molar-refractivity contribution in [3.8, 4) is 122 Å². The minimum atomic E-state index is -0.613. The van der Waals surface area contributed by atoms with Crippen molar-refractivity contribution in [2.45, 2.75) is 30.4 Å². The van der Waals surface area contributed by atoms with Gasteiger partial charge in [-0.3, -0.25) is 0 Å². The molecule has 4 nitrogen and oxygen atoms in total. The molecule has 2 aliphatic heterocycles. The first kappa shape index (κ1) is 59.7. The van der Waals surface area contributed by atoms with Gasteiger partial charge in [-0.1, -0.05) is 309 Å². The van der Waals surface area contributed by atoms with Gasteiger partial charge in [0.15, 0.2) is 11.6 Å². The van der Waals surface area contributed by atoms with Crippen molar-refractivity contribution >= 4 is 45.6 Å². The summed E-state index contributed by atoms with van der Waals surface area (Å²) in [4.78, 5) is 28.8. The predicted molar refractivity (Wildman–Crippen MR) is 425 cm³/mol. The summed E-state index contributed by atoms with van der Waals surface area (Å²) in [6.07, 6.45) is 0. The lowest BCUT2D eigenvalue weighted by Gasteiger charge is -2.40. The van der Waals surface area contributed by atoms with Gasteiger partial charge in [0.05, 0.1) is 38.5 Å². The molecular formula is C96H58N4S3. The molecule has 14 aromatic carbocycles. The van der Waals surface area contributed by atoms with Gasteiger partial charge in [-0.25, -0.2) is 19.9 Å². The van der Waals surface area contributed by atoms with E-state index in [4.69, 9.17) is 19.9 Å². The molecule has 0 bridgehead atoms. The maximum atomic E-state index is 5.71. The summed E-state index contributed by atoms with van der Waals surface area (Å²) in [5, 5.41) is 2.28. The molecule has 0 radical (unpaired) electrons. The molecule has 2 aliphatic carbocycles. The molecule has 3 aromatic heterocycles. The second-order valence-corrected chi connectivity index (χ2v) is 30.2. The van der Waals surface area contributed by atoms with Gasteiger partial charge in [-0.2, -0.15) is 0 Å². The van der Waals surface area contributed by atoms with E-state index in [9.17, 15) is 0 Å². The van der Waals surface area contributed by atoms with Crippen LogP contribution >= 0.6 is 34.9 Å². The lowest BCUT2D eigenvalue weighted by atomic mass is 9.66. The van der Waals surface area contributed by atoms with Gasteiger partial charge in [-0.15, -0.1) is 11.3 Å². The highest BCUT2D eigenvalue weighted by atomic mass is 32.2. The van der Waals surface area contributed by atoms with E-state index in [0.29, 0.717) is 11.6 Å². The number of thiophene rings is 1. The van der Waals surface area contributed by atoms with Crippen molar-refractivity contribution in [2.24, 2.45) is 0 Å². The van der Waals surface area contributed by atoms with E-state index in [0.717, 1.165) is 88.5 Å². The molecular weight excluding hydrogens is 1310 g/mol. The first-order valence-electron chi connectivity index (χ1n) is 35.0. The third-order valence-corrected chi connectivity index (χ3v) is 25.0. The summed E-state index contributed by atoms with van der Waals surface area (Å²) in [5.41, 5.74) is 28.7. The van der Waals surface area contributed by atoms with Crippen molar-refractivity contribution < 1.29 is 0 Å². The maximum absolute atomic E-state index is 5.71. The topological polar surface area (TPSA) is 51.6 Å². The van der Waals surface area contributed by atoms with Crippen molar-refractivity contribution in [3.63, 3.8) is 0 Å². The van der Waals surface area contributed by atoms with E-state index >= 15 is 0 Å². The van der Waals surface area contributed by atoms with Crippen LogP contribution in [0.15, 0.2) is 371 Å². The Morgan fingerprint density at radius 1 is 0.214 bits per heavy atom. The molecule has 480 valence electrons. The van der Waals surface area contributed by atoms with E-state index < -0.39 is 10.8 Å². The molecule has 0 saturated heterocycles. The standard InChI is InChI=1S/C96H58N4S3/c1-4-23-61(24-5-1)82-57-84(99-93(97-82)63-27-8-3-9-28-63)91-53-52-86(101-91)67-47-51-90-81(56-67)96(76-36-18-14-32-72(76)73-33-15-19-37-77(73)96)79-54-65(45-49-88(79)103-90)59-40-42-64(43-41-59)94-98-83(62-25-6-2-7-26-62)58-85(100-94)92-68-29-11-10-22-60(68)44-48-69(92)66-46-50-89-80(55-66)95(78-38-20-21-39-87(78)102-89)74-34-16-12-30-70(74)71-31-13-17-35-75(71)95/h1-58H. The third-order valence-electron chi connectivity index (χ3n) is 21.5.